The Morgan fingerprint density at radius 3 is 2.58 bits per heavy atom. The van der Waals surface area contributed by atoms with Crippen LogP contribution in [0, 0.1) is 10.1 Å². The topological polar surface area (TPSA) is 103 Å². The van der Waals surface area contributed by atoms with Gasteiger partial charge in [-0.2, -0.15) is 4.98 Å². The number of aromatic nitrogens is 3. The third kappa shape index (κ3) is 3.95. The maximum absolute atomic E-state index is 13.5. The SMILES string of the molecule is C[C@H](Nc1nc(Cl)ncc1[N+](=O)[O-])c1cc2cccc(Cl)c2c(=O)n1-c1ccccc1. The number of hydrogen-bond donors (Lipinski definition) is 1. The second-order valence-corrected chi connectivity index (χ2v) is 7.49. The van der Waals surface area contributed by atoms with Crippen LogP contribution < -0.4 is 10.9 Å². The Labute approximate surface area is 186 Å². The molecule has 1 atom stereocenters. The third-order valence-electron chi connectivity index (χ3n) is 4.77. The Kier molecular flexibility index (Phi) is 5.58. The molecule has 0 aliphatic carbocycles. The number of pyridine rings is 1. The van der Waals surface area contributed by atoms with Gasteiger partial charge in [0.05, 0.1) is 21.4 Å². The lowest BCUT2D eigenvalue weighted by atomic mass is 10.1. The number of halogens is 2. The molecule has 0 spiro atoms. The largest absolute Gasteiger partial charge is 0.356 e. The molecule has 0 saturated carbocycles. The highest BCUT2D eigenvalue weighted by Gasteiger charge is 2.22. The summed E-state index contributed by atoms with van der Waals surface area (Å²) in [7, 11) is 0. The summed E-state index contributed by atoms with van der Waals surface area (Å²) in [5.41, 5.74) is 0.574. The summed E-state index contributed by atoms with van der Waals surface area (Å²) in [6, 6.07) is 15.5. The summed E-state index contributed by atoms with van der Waals surface area (Å²) in [4.78, 5) is 31.9. The fourth-order valence-corrected chi connectivity index (χ4v) is 3.77. The van der Waals surface area contributed by atoms with Crippen LogP contribution in [-0.2, 0) is 0 Å². The molecule has 31 heavy (non-hydrogen) atoms. The van der Waals surface area contributed by atoms with E-state index < -0.39 is 11.0 Å². The zero-order chi connectivity index (χ0) is 22.1. The Morgan fingerprint density at radius 1 is 1.13 bits per heavy atom. The maximum Gasteiger partial charge on any atom is 0.329 e. The lowest BCUT2D eigenvalue weighted by Gasteiger charge is -2.21. The number of benzene rings is 2. The van der Waals surface area contributed by atoms with Gasteiger partial charge in [-0.1, -0.05) is 41.9 Å². The quantitative estimate of drug-likeness (QED) is 0.253. The molecule has 4 aromatic rings. The highest BCUT2D eigenvalue weighted by atomic mass is 35.5. The number of nitro groups is 1. The molecule has 0 amide bonds. The van der Waals surface area contributed by atoms with Crippen molar-refractivity contribution in [3.8, 4) is 5.69 Å². The Balaban J connectivity index is 1.92. The molecule has 1 N–H and O–H groups in total. The predicted molar refractivity (Wildman–Crippen MR) is 120 cm³/mol. The number of para-hydroxylation sites is 1. The molecule has 0 radical (unpaired) electrons. The summed E-state index contributed by atoms with van der Waals surface area (Å²) in [6.07, 6.45) is 1.04. The van der Waals surface area contributed by atoms with Gasteiger partial charge in [-0.25, -0.2) is 4.98 Å². The van der Waals surface area contributed by atoms with E-state index in [1.54, 1.807) is 37.3 Å². The van der Waals surface area contributed by atoms with Crippen LogP contribution in [0.15, 0.2) is 65.6 Å². The van der Waals surface area contributed by atoms with Crippen molar-refractivity contribution >= 4 is 45.5 Å². The summed E-state index contributed by atoms with van der Waals surface area (Å²) < 4.78 is 1.53. The molecule has 0 fully saturated rings. The highest BCUT2D eigenvalue weighted by molar-refractivity contribution is 6.35. The highest BCUT2D eigenvalue weighted by Crippen LogP contribution is 2.29. The van der Waals surface area contributed by atoms with Crippen LogP contribution >= 0.6 is 23.2 Å². The number of anilines is 1. The van der Waals surface area contributed by atoms with Crippen LogP contribution in [-0.4, -0.2) is 19.5 Å². The van der Waals surface area contributed by atoms with E-state index in [0.717, 1.165) is 6.20 Å². The van der Waals surface area contributed by atoms with Crippen LogP contribution in [0.1, 0.15) is 18.7 Å². The second kappa shape index (κ2) is 8.33. The van der Waals surface area contributed by atoms with Crippen molar-refractivity contribution in [3.05, 3.63) is 97.3 Å². The van der Waals surface area contributed by atoms with Crippen molar-refractivity contribution in [3.63, 3.8) is 0 Å². The van der Waals surface area contributed by atoms with Crippen molar-refractivity contribution in [2.24, 2.45) is 0 Å². The number of rotatable bonds is 5. The first-order chi connectivity index (χ1) is 14.9. The Morgan fingerprint density at radius 2 is 1.87 bits per heavy atom. The molecule has 2 aromatic carbocycles. The van der Waals surface area contributed by atoms with Gasteiger partial charge in [-0.3, -0.25) is 19.5 Å². The van der Waals surface area contributed by atoms with E-state index >= 15 is 0 Å². The van der Waals surface area contributed by atoms with Gasteiger partial charge in [0.15, 0.2) is 0 Å². The second-order valence-electron chi connectivity index (χ2n) is 6.75. The van der Waals surface area contributed by atoms with E-state index in [1.165, 1.54) is 4.57 Å². The molecule has 10 heteroatoms. The van der Waals surface area contributed by atoms with Crippen LogP contribution in [0.2, 0.25) is 10.3 Å². The minimum Gasteiger partial charge on any atom is -0.356 e. The normalized spacial score (nSPS) is 12.0. The Hall–Kier alpha value is -3.49. The number of hydrogen-bond acceptors (Lipinski definition) is 6. The lowest BCUT2D eigenvalue weighted by Crippen LogP contribution is -2.26. The van der Waals surface area contributed by atoms with Crippen LogP contribution in [0.5, 0.6) is 0 Å². The molecule has 0 aliphatic heterocycles. The summed E-state index contributed by atoms with van der Waals surface area (Å²) in [5.74, 6) is -0.0456. The predicted octanol–water partition coefficient (Wildman–Crippen LogP) is 5.17. The number of fused-ring (bicyclic) bond motifs is 1. The van der Waals surface area contributed by atoms with Crippen molar-refractivity contribution in [2.45, 2.75) is 13.0 Å². The molecular formula is C21H15Cl2N5O3. The van der Waals surface area contributed by atoms with Gasteiger partial charge >= 0.3 is 5.69 Å². The molecule has 0 saturated heterocycles. The van der Waals surface area contributed by atoms with E-state index in [9.17, 15) is 14.9 Å². The zero-order valence-corrected chi connectivity index (χ0v) is 17.6. The number of nitrogens with zero attached hydrogens (tertiary/aromatic N) is 4. The molecule has 2 heterocycles. The smallest absolute Gasteiger partial charge is 0.329 e. The number of nitrogens with one attached hydrogen (secondary N) is 1. The van der Waals surface area contributed by atoms with E-state index in [2.05, 4.69) is 15.3 Å². The molecule has 0 bridgehead atoms. The molecular weight excluding hydrogens is 441 g/mol. The minimum atomic E-state index is -0.601. The molecule has 0 unspecified atom stereocenters. The van der Waals surface area contributed by atoms with E-state index in [1.807, 2.05) is 24.3 Å². The zero-order valence-electron chi connectivity index (χ0n) is 16.1. The van der Waals surface area contributed by atoms with Crippen molar-refractivity contribution < 1.29 is 4.92 Å². The summed E-state index contributed by atoms with van der Waals surface area (Å²) in [6.45, 7) is 1.77. The fourth-order valence-electron chi connectivity index (χ4n) is 3.37. The van der Waals surface area contributed by atoms with Crippen LogP contribution in [0.25, 0.3) is 16.5 Å². The van der Waals surface area contributed by atoms with E-state index in [4.69, 9.17) is 23.2 Å². The molecule has 0 aliphatic rings. The maximum atomic E-state index is 13.5. The van der Waals surface area contributed by atoms with Crippen molar-refractivity contribution in [1.82, 2.24) is 14.5 Å². The first-order valence-corrected chi connectivity index (χ1v) is 9.95. The summed E-state index contributed by atoms with van der Waals surface area (Å²) >= 11 is 12.2. The van der Waals surface area contributed by atoms with Crippen molar-refractivity contribution in [1.29, 1.82) is 0 Å². The Bertz CT molecular complexity index is 1360. The monoisotopic (exact) mass is 455 g/mol. The van der Waals surface area contributed by atoms with Gasteiger partial charge < -0.3 is 5.32 Å². The van der Waals surface area contributed by atoms with Crippen LogP contribution in [0.4, 0.5) is 11.5 Å². The lowest BCUT2D eigenvalue weighted by molar-refractivity contribution is -0.384. The van der Waals surface area contributed by atoms with Crippen molar-refractivity contribution in [2.75, 3.05) is 5.32 Å². The van der Waals surface area contributed by atoms with Gasteiger partial charge in [-0.05, 0) is 48.2 Å². The van der Waals surface area contributed by atoms with Gasteiger partial charge in [0.2, 0.25) is 11.1 Å². The minimum absolute atomic E-state index is 0.0456. The van der Waals surface area contributed by atoms with Gasteiger partial charge in [0.1, 0.15) is 6.20 Å². The third-order valence-corrected chi connectivity index (χ3v) is 5.27. The van der Waals surface area contributed by atoms with Gasteiger partial charge in [0.25, 0.3) is 5.56 Å². The molecule has 8 nitrogen and oxygen atoms in total. The average molecular weight is 456 g/mol. The fraction of sp³-hybridized carbons (Fsp3) is 0.0952. The van der Waals surface area contributed by atoms with Gasteiger partial charge in [0, 0.05) is 11.4 Å². The first-order valence-electron chi connectivity index (χ1n) is 9.20. The molecule has 2 aromatic heterocycles. The first kappa shape index (κ1) is 20.8. The van der Waals surface area contributed by atoms with E-state index in [-0.39, 0.29) is 22.3 Å². The standard InChI is InChI=1S/C21H15Cl2N5O3/c1-12(25-19-17(28(30)31)11-24-21(23)26-19)16-10-13-6-5-9-15(22)18(13)20(29)27(16)14-7-3-2-4-8-14/h2-12H,1H3,(H,24,25,26)/t12-/m0/s1. The van der Waals surface area contributed by atoms with E-state index in [0.29, 0.717) is 27.2 Å². The molecule has 156 valence electrons. The molecule has 4 rings (SSSR count). The van der Waals surface area contributed by atoms with Gasteiger partial charge in [-0.15, -0.1) is 0 Å². The summed E-state index contributed by atoms with van der Waals surface area (Å²) in [5, 5.41) is 15.6. The van der Waals surface area contributed by atoms with Crippen LogP contribution in [0.3, 0.4) is 0 Å². The average Bonchev–Trinajstić information content (AvgIpc) is 2.74.